The standard InChI is InChI=1S/C12H14BrF2NO2/c1-3-18-12(17)8-4-5-10(9(13)6-8)16-7(2)11(14)15/h4-7,11,16H,3H2,1-2H3. The summed E-state index contributed by atoms with van der Waals surface area (Å²) in [5.41, 5.74) is 0.884. The van der Waals surface area contributed by atoms with Crippen molar-refractivity contribution in [3.63, 3.8) is 0 Å². The lowest BCUT2D eigenvalue weighted by atomic mass is 10.2. The minimum Gasteiger partial charge on any atom is -0.462 e. The van der Waals surface area contributed by atoms with E-state index in [1.807, 2.05) is 0 Å². The van der Waals surface area contributed by atoms with Crippen LogP contribution in [0.2, 0.25) is 0 Å². The predicted molar refractivity (Wildman–Crippen MR) is 69.2 cm³/mol. The van der Waals surface area contributed by atoms with Gasteiger partial charge in [-0.25, -0.2) is 13.6 Å². The first-order valence-corrected chi connectivity index (χ1v) is 6.26. The fraction of sp³-hybridized carbons (Fsp3) is 0.417. The van der Waals surface area contributed by atoms with Gasteiger partial charge in [-0.15, -0.1) is 0 Å². The smallest absolute Gasteiger partial charge is 0.338 e. The highest BCUT2D eigenvalue weighted by Gasteiger charge is 2.16. The monoisotopic (exact) mass is 321 g/mol. The first-order chi connectivity index (χ1) is 8.45. The van der Waals surface area contributed by atoms with E-state index >= 15 is 0 Å². The molecule has 1 rings (SSSR count). The first kappa shape index (κ1) is 14.9. The highest BCUT2D eigenvalue weighted by atomic mass is 79.9. The van der Waals surface area contributed by atoms with Crippen LogP contribution in [0.4, 0.5) is 14.5 Å². The van der Waals surface area contributed by atoms with Gasteiger partial charge in [0.15, 0.2) is 0 Å². The Morgan fingerprint density at radius 1 is 1.50 bits per heavy atom. The molecule has 0 saturated carbocycles. The summed E-state index contributed by atoms with van der Waals surface area (Å²) >= 11 is 3.23. The number of hydrogen-bond acceptors (Lipinski definition) is 3. The van der Waals surface area contributed by atoms with Gasteiger partial charge in [-0.05, 0) is 48.0 Å². The van der Waals surface area contributed by atoms with Crippen molar-refractivity contribution in [2.45, 2.75) is 26.3 Å². The van der Waals surface area contributed by atoms with Crippen LogP contribution in [0.15, 0.2) is 22.7 Å². The van der Waals surface area contributed by atoms with E-state index in [-0.39, 0.29) is 0 Å². The number of carbonyl (C=O) groups excluding carboxylic acids is 1. The van der Waals surface area contributed by atoms with E-state index in [1.165, 1.54) is 13.0 Å². The zero-order chi connectivity index (χ0) is 13.7. The minimum absolute atomic E-state index is 0.291. The van der Waals surface area contributed by atoms with Crippen LogP contribution >= 0.6 is 15.9 Å². The quantitative estimate of drug-likeness (QED) is 0.840. The van der Waals surface area contributed by atoms with Crippen molar-refractivity contribution in [1.29, 1.82) is 0 Å². The lowest BCUT2D eigenvalue weighted by Gasteiger charge is -2.15. The van der Waals surface area contributed by atoms with Crippen LogP contribution < -0.4 is 5.32 Å². The van der Waals surface area contributed by atoms with E-state index < -0.39 is 18.4 Å². The maximum absolute atomic E-state index is 12.4. The molecule has 1 atom stereocenters. The summed E-state index contributed by atoms with van der Waals surface area (Å²) in [7, 11) is 0. The number of halogens is 3. The number of nitrogens with one attached hydrogen (secondary N) is 1. The van der Waals surface area contributed by atoms with Gasteiger partial charge in [0.2, 0.25) is 0 Å². The second kappa shape index (κ2) is 6.68. The van der Waals surface area contributed by atoms with E-state index in [2.05, 4.69) is 21.2 Å². The molecular formula is C12H14BrF2NO2. The van der Waals surface area contributed by atoms with Crippen molar-refractivity contribution in [2.24, 2.45) is 0 Å². The minimum atomic E-state index is -2.46. The number of hydrogen-bond donors (Lipinski definition) is 1. The average Bonchev–Trinajstić information content (AvgIpc) is 2.31. The third-order valence-corrected chi connectivity index (χ3v) is 2.90. The van der Waals surface area contributed by atoms with Crippen molar-refractivity contribution < 1.29 is 18.3 Å². The van der Waals surface area contributed by atoms with Gasteiger partial charge in [-0.2, -0.15) is 0 Å². The highest BCUT2D eigenvalue weighted by Crippen LogP contribution is 2.25. The lowest BCUT2D eigenvalue weighted by molar-refractivity contribution is 0.0526. The number of benzene rings is 1. The molecule has 3 nitrogen and oxygen atoms in total. The van der Waals surface area contributed by atoms with Gasteiger partial charge in [0.25, 0.3) is 6.43 Å². The fourth-order valence-electron chi connectivity index (χ4n) is 1.28. The first-order valence-electron chi connectivity index (χ1n) is 5.47. The molecule has 0 radical (unpaired) electrons. The largest absolute Gasteiger partial charge is 0.462 e. The molecule has 0 fully saturated rings. The molecule has 1 N–H and O–H groups in total. The predicted octanol–water partition coefficient (Wildman–Crippen LogP) is 3.69. The van der Waals surface area contributed by atoms with E-state index in [9.17, 15) is 13.6 Å². The molecule has 0 aliphatic carbocycles. The van der Waals surface area contributed by atoms with Crippen molar-refractivity contribution in [3.05, 3.63) is 28.2 Å². The lowest BCUT2D eigenvalue weighted by Crippen LogP contribution is -2.24. The fourth-order valence-corrected chi connectivity index (χ4v) is 1.78. The number of carbonyl (C=O) groups is 1. The molecule has 0 saturated heterocycles. The number of ether oxygens (including phenoxy) is 1. The van der Waals surface area contributed by atoms with Crippen molar-refractivity contribution in [1.82, 2.24) is 0 Å². The van der Waals surface area contributed by atoms with Crippen LogP contribution in [0, 0.1) is 0 Å². The Morgan fingerprint density at radius 2 is 2.17 bits per heavy atom. The third kappa shape index (κ3) is 3.94. The summed E-state index contributed by atoms with van der Waals surface area (Å²) in [6.07, 6.45) is -2.46. The average molecular weight is 322 g/mol. The van der Waals surface area contributed by atoms with Gasteiger partial charge in [-0.3, -0.25) is 0 Å². The summed E-state index contributed by atoms with van der Waals surface area (Å²) in [5.74, 6) is -0.438. The Balaban J connectivity index is 2.83. The second-order valence-corrected chi connectivity index (χ2v) is 4.54. The third-order valence-electron chi connectivity index (χ3n) is 2.24. The van der Waals surface area contributed by atoms with Crippen LogP contribution in [0.1, 0.15) is 24.2 Å². The maximum Gasteiger partial charge on any atom is 0.338 e. The highest BCUT2D eigenvalue weighted by molar-refractivity contribution is 9.10. The van der Waals surface area contributed by atoms with Gasteiger partial charge in [0.05, 0.1) is 18.2 Å². The van der Waals surface area contributed by atoms with Crippen LogP contribution in [-0.2, 0) is 4.74 Å². The van der Waals surface area contributed by atoms with Crippen molar-refractivity contribution in [2.75, 3.05) is 11.9 Å². The molecule has 100 valence electrons. The Bertz CT molecular complexity index is 427. The molecule has 1 aromatic carbocycles. The Labute approximate surface area is 113 Å². The van der Waals surface area contributed by atoms with Crippen molar-refractivity contribution in [3.8, 4) is 0 Å². The zero-order valence-corrected chi connectivity index (χ0v) is 11.6. The Kier molecular flexibility index (Phi) is 5.53. The molecule has 0 aromatic heterocycles. The summed E-state index contributed by atoms with van der Waals surface area (Å²) in [6.45, 7) is 3.39. The molecule has 1 unspecified atom stereocenters. The van der Waals surface area contributed by atoms with Gasteiger partial charge in [0.1, 0.15) is 0 Å². The van der Waals surface area contributed by atoms with Crippen LogP contribution in [-0.4, -0.2) is 25.0 Å². The normalized spacial score (nSPS) is 12.3. The molecule has 6 heteroatoms. The van der Waals surface area contributed by atoms with E-state index in [4.69, 9.17) is 4.74 Å². The molecule has 0 aliphatic heterocycles. The van der Waals surface area contributed by atoms with E-state index in [0.717, 1.165) is 0 Å². The number of esters is 1. The van der Waals surface area contributed by atoms with Gasteiger partial charge >= 0.3 is 5.97 Å². The summed E-state index contributed by atoms with van der Waals surface area (Å²) in [4.78, 5) is 11.5. The van der Waals surface area contributed by atoms with Gasteiger partial charge in [-0.1, -0.05) is 0 Å². The van der Waals surface area contributed by atoms with Gasteiger partial charge < -0.3 is 10.1 Å². The molecule has 0 heterocycles. The molecule has 1 aromatic rings. The molecule has 0 spiro atoms. The summed E-state index contributed by atoms with van der Waals surface area (Å²) < 4.78 is 30.2. The Morgan fingerprint density at radius 3 is 2.67 bits per heavy atom. The second-order valence-electron chi connectivity index (χ2n) is 3.68. The number of anilines is 1. The number of rotatable bonds is 5. The van der Waals surface area contributed by atoms with Gasteiger partial charge in [0, 0.05) is 10.2 Å². The zero-order valence-electron chi connectivity index (χ0n) is 10.0. The van der Waals surface area contributed by atoms with Crippen molar-refractivity contribution >= 4 is 27.6 Å². The van der Waals surface area contributed by atoms with Crippen LogP contribution in [0.25, 0.3) is 0 Å². The van der Waals surface area contributed by atoms with Crippen LogP contribution in [0.5, 0.6) is 0 Å². The van der Waals surface area contributed by atoms with E-state index in [1.54, 1.807) is 19.1 Å². The molecule has 0 amide bonds. The summed E-state index contributed by atoms with van der Waals surface area (Å²) in [6, 6.07) is 3.67. The SMILES string of the molecule is CCOC(=O)c1ccc(NC(C)C(F)F)c(Br)c1. The summed E-state index contributed by atoms with van der Waals surface area (Å²) in [5, 5.41) is 2.66. The molecular weight excluding hydrogens is 308 g/mol. The molecule has 0 aliphatic rings. The van der Waals surface area contributed by atoms with Crippen LogP contribution in [0.3, 0.4) is 0 Å². The molecule has 0 bridgehead atoms. The van der Waals surface area contributed by atoms with E-state index in [0.29, 0.717) is 22.3 Å². The molecule has 18 heavy (non-hydrogen) atoms. The Hall–Kier alpha value is -1.17. The maximum atomic E-state index is 12.4. The number of alkyl halides is 2. The topological polar surface area (TPSA) is 38.3 Å².